The highest BCUT2D eigenvalue weighted by atomic mass is 14.9. The number of nitriles is 1. The molecule has 268 valence electrons. The van der Waals surface area contributed by atoms with Crippen LogP contribution in [-0.2, 0) is 0 Å². The molecule has 0 radical (unpaired) electrons. The molecule has 0 spiro atoms. The second-order valence-electron chi connectivity index (χ2n) is 14.6. The Labute approximate surface area is 328 Å². The van der Waals surface area contributed by atoms with Gasteiger partial charge in [0.15, 0.2) is 11.7 Å². The van der Waals surface area contributed by atoms with Crippen LogP contribution in [0.5, 0.6) is 0 Å². The summed E-state index contributed by atoms with van der Waals surface area (Å²) in [6, 6.07) is 56.8. The van der Waals surface area contributed by atoms with Crippen LogP contribution in [0.4, 0.5) is 0 Å². The Morgan fingerprint density at radius 2 is 1.11 bits per heavy atom. The Morgan fingerprint density at radius 3 is 1.84 bits per heavy atom. The van der Waals surface area contributed by atoms with Crippen molar-refractivity contribution in [2.24, 2.45) is 9.98 Å². The fraction of sp³-hybridized carbons (Fsp3) is 0.0769. The van der Waals surface area contributed by atoms with Crippen molar-refractivity contribution >= 4 is 39.4 Å². The predicted molar refractivity (Wildman–Crippen MR) is 235 cm³/mol. The van der Waals surface area contributed by atoms with E-state index in [1.165, 1.54) is 21.5 Å². The summed E-state index contributed by atoms with van der Waals surface area (Å²) in [5.41, 5.74) is 13.4. The molecule has 0 aliphatic carbocycles. The molecular formula is C52H40N4. The van der Waals surface area contributed by atoms with Crippen molar-refractivity contribution in [2.45, 2.75) is 27.7 Å². The number of nitrogens with zero attached hydrogens (tertiary/aromatic N) is 3. The summed E-state index contributed by atoms with van der Waals surface area (Å²) in [5.74, 6) is 0.583. The summed E-state index contributed by atoms with van der Waals surface area (Å²) in [6.45, 7) is 8.19. The lowest BCUT2D eigenvalue weighted by atomic mass is 9.90. The van der Waals surface area contributed by atoms with Crippen LogP contribution in [0.3, 0.4) is 0 Å². The van der Waals surface area contributed by atoms with Crippen LogP contribution in [0.25, 0.3) is 54.9 Å². The van der Waals surface area contributed by atoms with Gasteiger partial charge in [0.1, 0.15) is 6.07 Å². The van der Waals surface area contributed by atoms with Gasteiger partial charge in [-0.1, -0.05) is 156 Å². The Hall–Kier alpha value is -7.22. The summed E-state index contributed by atoms with van der Waals surface area (Å²) in [4.78, 5) is 9.60. The highest BCUT2D eigenvalue weighted by molar-refractivity contribution is 6.13. The molecule has 0 fully saturated rings. The van der Waals surface area contributed by atoms with Crippen LogP contribution < -0.4 is 0 Å². The first kappa shape index (κ1) is 35.8. The van der Waals surface area contributed by atoms with Gasteiger partial charge in [-0.25, -0.2) is 9.98 Å². The number of hydrogen-bond acceptors (Lipinski definition) is 2. The first-order chi connectivity index (χ1) is 27.2. The van der Waals surface area contributed by atoms with Crippen LogP contribution in [0.1, 0.15) is 44.5 Å². The molecule has 4 heteroatoms. The van der Waals surface area contributed by atoms with Gasteiger partial charge in [-0.05, 0) is 101 Å². The van der Waals surface area contributed by atoms with Gasteiger partial charge < -0.3 is 0 Å². The Morgan fingerprint density at radius 1 is 0.518 bits per heavy atom. The number of hydrogen-bond donors (Lipinski definition) is 1. The first-order valence-corrected chi connectivity index (χ1v) is 18.8. The summed E-state index contributed by atoms with van der Waals surface area (Å²) in [7, 11) is 0. The molecule has 4 nitrogen and oxygen atoms in total. The van der Waals surface area contributed by atoms with Gasteiger partial charge in [0.25, 0.3) is 0 Å². The van der Waals surface area contributed by atoms with Gasteiger partial charge in [0.2, 0.25) is 0 Å². The molecule has 8 rings (SSSR count). The highest BCUT2D eigenvalue weighted by Crippen LogP contribution is 2.35. The second-order valence-corrected chi connectivity index (χ2v) is 14.6. The van der Waals surface area contributed by atoms with E-state index in [2.05, 4.69) is 123 Å². The van der Waals surface area contributed by atoms with Crippen LogP contribution in [0.2, 0.25) is 0 Å². The van der Waals surface area contributed by atoms with Crippen LogP contribution >= 0.6 is 0 Å². The molecule has 0 atom stereocenters. The van der Waals surface area contributed by atoms with E-state index in [-0.39, 0.29) is 5.84 Å². The number of aryl methyl sites for hydroxylation is 4. The van der Waals surface area contributed by atoms with Crippen molar-refractivity contribution in [3.8, 4) is 39.4 Å². The molecular weight excluding hydrogens is 681 g/mol. The third-order valence-corrected chi connectivity index (χ3v) is 10.2. The maximum Gasteiger partial charge on any atom is 0.161 e. The summed E-state index contributed by atoms with van der Waals surface area (Å²) < 4.78 is 0. The van der Waals surface area contributed by atoms with Crippen LogP contribution in [-0.4, -0.2) is 17.9 Å². The predicted octanol–water partition coefficient (Wildman–Crippen LogP) is 13.0. The molecule has 0 aliphatic heterocycles. The third-order valence-electron chi connectivity index (χ3n) is 10.2. The topological polar surface area (TPSA) is 72.4 Å². The average molecular weight is 721 g/mol. The van der Waals surface area contributed by atoms with E-state index in [4.69, 9.17) is 15.4 Å². The number of rotatable bonds is 6. The fourth-order valence-electron chi connectivity index (χ4n) is 7.68. The largest absolute Gasteiger partial charge is 0.282 e. The SMILES string of the molecule is Cc1cc(C)cc(C=NC(=NC(=N)c2cc(C)cc(C)c2)c2ccc(-c3cccc(-c4cccc(-c5ccc6c(ccc7ccccc76)c5)c4)c3C#N)cc2)c1. The molecule has 0 bridgehead atoms. The maximum absolute atomic E-state index is 10.6. The first-order valence-electron chi connectivity index (χ1n) is 18.8. The van der Waals surface area contributed by atoms with Crippen molar-refractivity contribution in [3.05, 3.63) is 202 Å². The molecule has 0 aliphatic rings. The lowest BCUT2D eigenvalue weighted by Gasteiger charge is -2.13. The molecule has 0 aromatic heterocycles. The minimum absolute atomic E-state index is 0.146. The van der Waals surface area contributed by atoms with Crippen molar-refractivity contribution in [2.75, 3.05) is 0 Å². The Balaban J connectivity index is 1.13. The van der Waals surface area contributed by atoms with Crippen molar-refractivity contribution in [1.29, 1.82) is 10.7 Å². The van der Waals surface area contributed by atoms with Gasteiger partial charge >= 0.3 is 0 Å². The van der Waals surface area contributed by atoms with E-state index in [1.807, 2.05) is 74.7 Å². The quantitative estimate of drug-likeness (QED) is 0.104. The summed E-state index contributed by atoms with van der Waals surface area (Å²) in [6.07, 6.45) is 1.81. The van der Waals surface area contributed by atoms with Gasteiger partial charge in [-0.2, -0.15) is 5.26 Å². The van der Waals surface area contributed by atoms with Crippen LogP contribution in [0.15, 0.2) is 168 Å². The van der Waals surface area contributed by atoms with Crippen molar-refractivity contribution in [3.63, 3.8) is 0 Å². The number of benzene rings is 8. The van der Waals surface area contributed by atoms with Crippen LogP contribution in [0, 0.1) is 44.4 Å². The molecule has 0 amide bonds. The molecule has 8 aromatic rings. The van der Waals surface area contributed by atoms with Gasteiger partial charge in [0, 0.05) is 28.5 Å². The molecule has 0 saturated carbocycles. The Bertz CT molecular complexity index is 2880. The minimum Gasteiger partial charge on any atom is -0.282 e. The van der Waals surface area contributed by atoms with E-state index in [1.54, 1.807) is 0 Å². The molecule has 0 unspecified atom stereocenters. The smallest absolute Gasteiger partial charge is 0.161 e. The minimum atomic E-state index is 0.146. The number of nitrogens with one attached hydrogen (secondary N) is 1. The van der Waals surface area contributed by atoms with E-state index in [0.29, 0.717) is 11.4 Å². The number of amidine groups is 2. The van der Waals surface area contributed by atoms with E-state index < -0.39 is 0 Å². The number of fused-ring (bicyclic) bond motifs is 3. The van der Waals surface area contributed by atoms with Crippen molar-refractivity contribution < 1.29 is 0 Å². The van der Waals surface area contributed by atoms with E-state index in [0.717, 1.165) is 72.3 Å². The maximum atomic E-state index is 10.6. The normalized spacial score (nSPS) is 11.7. The van der Waals surface area contributed by atoms with E-state index >= 15 is 0 Å². The highest BCUT2D eigenvalue weighted by Gasteiger charge is 2.14. The molecule has 1 N–H and O–H groups in total. The molecule has 8 aromatic carbocycles. The lowest BCUT2D eigenvalue weighted by molar-refractivity contribution is 1.33. The van der Waals surface area contributed by atoms with Gasteiger partial charge in [0.05, 0.1) is 5.56 Å². The van der Waals surface area contributed by atoms with Gasteiger partial charge in [-0.3, -0.25) is 5.41 Å². The number of aliphatic imine (C=N–C) groups is 2. The molecule has 0 saturated heterocycles. The van der Waals surface area contributed by atoms with Crippen molar-refractivity contribution in [1.82, 2.24) is 0 Å². The van der Waals surface area contributed by atoms with Gasteiger partial charge in [-0.15, -0.1) is 0 Å². The standard InChI is InChI=1S/C52H40N4/c1-33-23-34(2)26-37(25-33)32-55-52(56-51(54)45-27-35(3)24-36(4)28-45)40-18-15-39(16-19-40)47-13-8-14-48(50(47)31-53)43-11-7-10-41(29-43)42-21-22-49-44(30-42)20-17-38-9-5-6-12-46(38)49/h5-30,32,54H,1-4H3. The zero-order valence-electron chi connectivity index (χ0n) is 31.9. The summed E-state index contributed by atoms with van der Waals surface area (Å²) >= 11 is 0. The molecule has 56 heavy (non-hydrogen) atoms. The lowest BCUT2D eigenvalue weighted by Crippen LogP contribution is -2.05. The molecule has 0 heterocycles. The Kier molecular flexibility index (Phi) is 9.75. The second kappa shape index (κ2) is 15.3. The zero-order chi connectivity index (χ0) is 38.8. The zero-order valence-corrected chi connectivity index (χ0v) is 31.9. The van der Waals surface area contributed by atoms with E-state index in [9.17, 15) is 5.26 Å². The average Bonchev–Trinajstić information content (AvgIpc) is 3.21. The fourth-order valence-corrected chi connectivity index (χ4v) is 7.68. The summed E-state index contributed by atoms with van der Waals surface area (Å²) in [5, 5.41) is 24.4. The monoisotopic (exact) mass is 720 g/mol. The third kappa shape index (κ3) is 7.44.